The van der Waals surface area contributed by atoms with Crippen molar-refractivity contribution in [3.05, 3.63) is 88.7 Å². The van der Waals surface area contributed by atoms with Gasteiger partial charge in [-0.05, 0) is 104 Å². The SMILES string of the molecule is C=C1/C(=C\C=C2/CCCC(C)(/C(=C\CC)[C@H](C)C/C=C(/F)S(=O)(=O)c3ccccc3)C2CC)CCCC1O. The molecular formula is C33H45FO3S. The lowest BCUT2D eigenvalue weighted by atomic mass is 9.58. The quantitative estimate of drug-likeness (QED) is 0.318. The second-order valence-electron chi connectivity index (χ2n) is 11.1. The van der Waals surface area contributed by atoms with Crippen LogP contribution in [-0.4, -0.2) is 19.6 Å². The highest BCUT2D eigenvalue weighted by atomic mass is 32.2. The highest BCUT2D eigenvalue weighted by Crippen LogP contribution is 2.53. The minimum Gasteiger partial charge on any atom is -0.388 e. The standard InChI is InChI=1S/C33H45FO3S/c1-6-13-30(24(3)19-22-32(34)38(36,37)28-16-9-8-10-17-28)33(5)23-12-15-27(29(33)7-2)21-20-26-14-11-18-31(35)25(26)4/h8-10,13,16-17,20-22,24,29,31,35H,4,6-7,11-12,14-15,18-19,23H2,1-3,5H3/b26-20-,27-21+,30-13-,32-22-/t24-,29?,31?,33?/m1/s1. The summed E-state index contributed by atoms with van der Waals surface area (Å²) in [5.74, 6) is 0.355. The van der Waals surface area contributed by atoms with E-state index in [0.29, 0.717) is 12.3 Å². The Kier molecular flexibility index (Phi) is 10.5. The predicted octanol–water partition coefficient (Wildman–Crippen LogP) is 8.80. The van der Waals surface area contributed by atoms with Crippen molar-refractivity contribution in [2.24, 2.45) is 17.3 Å². The molecule has 0 amide bonds. The van der Waals surface area contributed by atoms with Crippen LogP contribution in [0.25, 0.3) is 0 Å². The maximum Gasteiger partial charge on any atom is 0.232 e. The molecule has 0 radical (unpaired) electrons. The van der Waals surface area contributed by atoms with E-state index in [0.717, 1.165) is 62.5 Å². The van der Waals surface area contributed by atoms with Gasteiger partial charge in [0.1, 0.15) is 0 Å². The van der Waals surface area contributed by atoms with Gasteiger partial charge in [-0.25, -0.2) is 8.42 Å². The molecule has 4 atom stereocenters. The Balaban J connectivity index is 1.87. The van der Waals surface area contributed by atoms with Gasteiger partial charge in [0.05, 0.1) is 11.0 Å². The summed E-state index contributed by atoms with van der Waals surface area (Å²) in [6.45, 7) is 12.9. The number of aliphatic hydroxyl groups is 1. The summed E-state index contributed by atoms with van der Waals surface area (Å²) in [7, 11) is -4.13. The first kappa shape index (κ1) is 30.3. The molecule has 0 spiro atoms. The second-order valence-corrected chi connectivity index (χ2v) is 13.0. The van der Waals surface area contributed by atoms with Crippen LogP contribution in [0, 0.1) is 17.3 Å². The first-order valence-electron chi connectivity index (χ1n) is 14.2. The van der Waals surface area contributed by atoms with Crippen LogP contribution in [0.4, 0.5) is 4.39 Å². The zero-order chi connectivity index (χ0) is 27.9. The summed E-state index contributed by atoms with van der Waals surface area (Å²) in [6.07, 6.45) is 15.6. The third-order valence-electron chi connectivity index (χ3n) is 8.58. The lowest BCUT2D eigenvalue weighted by molar-refractivity contribution is 0.188. The zero-order valence-electron chi connectivity index (χ0n) is 23.5. The van der Waals surface area contributed by atoms with Crippen LogP contribution in [0.5, 0.6) is 0 Å². The summed E-state index contributed by atoms with van der Waals surface area (Å²) in [6, 6.07) is 7.78. The van der Waals surface area contributed by atoms with E-state index in [-0.39, 0.29) is 16.2 Å². The molecule has 1 N–H and O–H groups in total. The van der Waals surface area contributed by atoms with Gasteiger partial charge < -0.3 is 5.11 Å². The monoisotopic (exact) mass is 540 g/mol. The smallest absolute Gasteiger partial charge is 0.232 e. The van der Waals surface area contributed by atoms with Crippen molar-refractivity contribution >= 4 is 9.84 Å². The summed E-state index contributed by atoms with van der Waals surface area (Å²) in [5, 5.41) is 9.15. The molecule has 3 nitrogen and oxygen atoms in total. The van der Waals surface area contributed by atoms with E-state index >= 15 is 0 Å². The first-order chi connectivity index (χ1) is 18.1. The Morgan fingerprint density at radius 3 is 2.53 bits per heavy atom. The average Bonchev–Trinajstić information content (AvgIpc) is 2.91. The number of halogens is 1. The van der Waals surface area contributed by atoms with Crippen molar-refractivity contribution in [2.75, 3.05) is 0 Å². The minimum atomic E-state index is -4.13. The van der Waals surface area contributed by atoms with Crippen LogP contribution in [0.1, 0.15) is 85.5 Å². The van der Waals surface area contributed by atoms with E-state index in [1.165, 1.54) is 29.4 Å². The van der Waals surface area contributed by atoms with E-state index in [2.05, 4.69) is 52.5 Å². The van der Waals surface area contributed by atoms with Crippen LogP contribution < -0.4 is 0 Å². The van der Waals surface area contributed by atoms with E-state index < -0.39 is 21.1 Å². The van der Waals surface area contributed by atoms with Crippen LogP contribution >= 0.6 is 0 Å². The van der Waals surface area contributed by atoms with Crippen LogP contribution in [0.2, 0.25) is 0 Å². The van der Waals surface area contributed by atoms with Gasteiger partial charge >= 0.3 is 0 Å². The largest absolute Gasteiger partial charge is 0.388 e. The molecule has 2 saturated carbocycles. The fourth-order valence-electron chi connectivity index (χ4n) is 6.54. The number of hydrogen-bond acceptors (Lipinski definition) is 3. The minimum absolute atomic E-state index is 0.0108. The molecule has 2 fully saturated rings. The van der Waals surface area contributed by atoms with Gasteiger partial charge in [0, 0.05) is 0 Å². The van der Waals surface area contributed by atoms with E-state index in [4.69, 9.17) is 0 Å². The van der Waals surface area contributed by atoms with Gasteiger partial charge in [-0.15, -0.1) is 0 Å². The third kappa shape index (κ3) is 6.66. The van der Waals surface area contributed by atoms with Crippen molar-refractivity contribution < 1.29 is 17.9 Å². The molecule has 0 bridgehead atoms. The molecular weight excluding hydrogens is 495 g/mol. The molecule has 0 aromatic heterocycles. The molecule has 1 aromatic rings. The molecule has 0 saturated heterocycles. The number of hydrogen-bond donors (Lipinski definition) is 1. The third-order valence-corrected chi connectivity index (χ3v) is 10.2. The Morgan fingerprint density at radius 1 is 1.16 bits per heavy atom. The average molecular weight is 541 g/mol. The van der Waals surface area contributed by atoms with E-state index in [1.807, 2.05) is 0 Å². The number of benzene rings is 1. The van der Waals surface area contributed by atoms with Crippen molar-refractivity contribution in [3.8, 4) is 0 Å². The summed E-state index contributed by atoms with van der Waals surface area (Å²) in [5.41, 5.74) is 4.63. The molecule has 0 heterocycles. The highest BCUT2D eigenvalue weighted by molar-refractivity contribution is 7.95. The van der Waals surface area contributed by atoms with Crippen molar-refractivity contribution in [1.82, 2.24) is 0 Å². The second kappa shape index (κ2) is 13.2. The Morgan fingerprint density at radius 2 is 1.87 bits per heavy atom. The van der Waals surface area contributed by atoms with Gasteiger partial charge in [-0.1, -0.05) is 81.8 Å². The molecule has 208 valence electrons. The van der Waals surface area contributed by atoms with Crippen molar-refractivity contribution in [1.29, 1.82) is 0 Å². The lowest BCUT2D eigenvalue weighted by Gasteiger charge is -2.47. The van der Waals surface area contributed by atoms with Gasteiger partial charge in [0.25, 0.3) is 0 Å². The predicted molar refractivity (Wildman–Crippen MR) is 156 cm³/mol. The Bertz CT molecular complexity index is 1210. The fourth-order valence-corrected chi connectivity index (χ4v) is 7.60. The summed E-state index contributed by atoms with van der Waals surface area (Å²) < 4.78 is 40.4. The van der Waals surface area contributed by atoms with Crippen molar-refractivity contribution in [2.45, 2.75) is 96.5 Å². The molecule has 5 heteroatoms. The first-order valence-corrected chi connectivity index (χ1v) is 15.7. The van der Waals surface area contributed by atoms with Gasteiger partial charge in [0.15, 0.2) is 0 Å². The number of aliphatic hydroxyl groups excluding tert-OH is 1. The van der Waals surface area contributed by atoms with E-state index in [9.17, 15) is 17.9 Å². The van der Waals surface area contributed by atoms with Gasteiger partial charge in [-0.3, -0.25) is 0 Å². The maximum atomic E-state index is 15.0. The van der Waals surface area contributed by atoms with Crippen LogP contribution in [0.15, 0.2) is 93.6 Å². The molecule has 2 aliphatic rings. The van der Waals surface area contributed by atoms with E-state index in [1.54, 1.807) is 18.2 Å². The molecule has 2 aliphatic carbocycles. The molecule has 3 unspecified atom stereocenters. The lowest BCUT2D eigenvalue weighted by Crippen LogP contribution is -2.36. The molecule has 0 aliphatic heterocycles. The van der Waals surface area contributed by atoms with Gasteiger partial charge in [0.2, 0.25) is 15.0 Å². The summed E-state index contributed by atoms with van der Waals surface area (Å²) in [4.78, 5) is -0.0203. The van der Waals surface area contributed by atoms with Crippen LogP contribution in [0.3, 0.4) is 0 Å². The number of allylic oxidation sites excluding steroid dienone is 6. The normalized spacial score (nSPS) is 28.6. The van der Waals surface area contributed by atoms with Crippen LogP contribution in [-0.2, 0) is 9.84 Å². The molecule has 3 rings (SSSR count). The topological polar surface area (TPSA) is 54.4 Å². The molecule has 38 heavy (non-hydrogen) atoms. The number of sulfone groups is 1. The Hall–Kier alpha value is -2.24. The Labute approximate surface area is 229 Å². The highest BCUT2D eigenvalue weighted by Gasteiger charge is 2.42. The van der Waals surface area contributed by atoms with Crippen molar-refractivity contribution in [3.63, 3.8) is 0 Å². The van der Waals surface area contributed by atoms with Gasteiger partial charge in [-0.2, -0.15) is 4.39 Å². The fraction of sp³-hybridized carbons (Fsp3) is 0.515. The maximum absolute atomic E-state index is 15.0. The molecule has 1 aromatic carbocycles. The number of rotatable bonds is 9. The summed E-state index contributed by atoms with van der Waals surface area (Å²) >= 11 is 0. The zero-order valence-corrected chi connectivity index (χ0v) is 24.4.